The normalized spacial score (nSPS) is 16.0. The Balaban J connectivity index is 3.61. The van der Waals surface area contributed by atoms with E-state index in [1.807, 2.05) is 0 Å². The van der Waals surface area contributed by atoms with E-state index in [4.69, 9.17) is 17.3 Å². The summed E-state index contributed by atoms with van der Waals surface area (Å²) in [6.07, 6.45) is -0.794. The topological polar surface area (TPSA) is 41.5 Å². The number of thiocarbonyl (C=S) groups is 1. The molecule has 1 unspecified atom stereocenters. The zero-order valence-corrected chi connectivity index (χ0v) is 7.23. The maximum atomic E-state index is 9.03. The smallest absolute Gasteiger partial charge is 0.174 e. The van der Waals surface area contributed by atoms with Gasteiger partial charge < -0.3 is 15.2 Å². The molecule has 10 heavy (non-hydrogen) atoms. The first-order chi connectivity index (χ1) is 4.57. The monoisotopic (exact) mass is 163 g/mol. The SMILES string of the molecule is COC(O)[C@H](C)NC(C)=S. The van der Waals surface area contributed by atoms with Gasteiger partial charge in [-0.15, -0.1) is 0 Å². The lowest BCUT2D eigenvalue weighted by atomic mass is 10.3. The zero-order chi connectivity index (χ0) is 8.15. The van der Waals surface area contributed by atoms with Crippen LogP contribution in [0.15, 0.2) is 0 Å². The summed E-state index contributed by atoms with van der Waals surface area (Å²) in [6, 6.07) is -0.150. The predicted octanol–water partition coefficient (Wildman–Crippen LogP) is 0.277. The average Bonchev–Trinajstić information content (AvgIpc) is 1.85. The van der Waals surface area contributed by atoms with Gasteiger partial charge in [0.2, 0.25) is 0 Å². The molecule has 0 bridgehead atoms. The van der Waals surface area contributed by atoms with E-state index >= 15 is 0 Å². The number of nitrogens with one attached hydrogen (secondary N) is 1. The van der Waals surface area contributed by atoms with Gasteiger partial charge in [0.05, 0.1) is 11.0 Å². The van der Waals surface area contributed by atoms with Crippen LogP contribution in [0.1, 0.15) is 13.8 Å². The Bertz CT molecular complexity index is 118. The van der Waals surface area contributed by atoms with E-state index in [1.165, 1.54) is 7.11 Å². The molecular weight excluding hydrogens is 150 g/mol. The van der Waals surface area contributed by atoms with Crippen molar-refractivity contribution in [3.05, 3.63) is 0 Å². The molecule has 0 aromatic rings. The molecule has 0 amide bonds. The molecule has 2 atom stereocenters. The maximum absolute atomic E-state index is 9.03. The molecule has 0 radical (unpaired) electrons. The maximum Gasteiger partial charge on any atom is 0.174 e. The molecule has 0 aliphatic carbocycles. The molecule has 0 aliphatic rings. The van der Waals surface area contributed by atoms with Crippen LogP contribution in [0.5, 0.6) is 0 Å². The Labute approximate surface area is 66.4 Å². The van der Waals surface area contributed by atoms with Crippen LogP contribution in [0, 0.1) is 0 Å². The molecule has 0 fully saturated rings. The zero-order valence-electron chi connectivity index (χ0n) is 6.42. The standard InChI is InChI=1S/C6H13NO2S/c1-4(6(8)9-3)7-5(2)10/h4,6,8H,1-3H3,(H,7,10)/t4-,6?/m0/s1. The van der Waals surface area contributed by atoms with Crippen molar-refractivity contribution < 1.29 is 9.84 Å². The van der Waals surface area contributed by atoms with Gasteiger partial charge in [-0.2, -0.15) is 0 Å². The van der Waals surface area contributed by atoms with E-state index in [0.717, 1.165) is 0 Å². The second-order valence-corrected chi connectivity index (χ2v) is 2.73. The first-order valence-electron chi connectivity index (χ1n) is 3.06. The molecule has 0 aromatic heterocycles. The van der Waals surface area contributed by atoms with Gasteiger partial charge in [0, 0.05) is 7.11 Å². The molecule has 0 saturated carbocycles. The Hall–Kier alpha value is -0.190. The molecular formula is C6H13NO2S. The lowest BCUT2D eigenvalue weighted by molar-refractivity contribution is -0.0895. The number of ether oxygens (including phenoxy) is 1. The van der Waals surface area contributed by atoms with Crippen LogP contribution < -0.4 is 5.32 Å². The number of rotatable bonds is 3. The molecule has 3 nitrogen and oxygen atoms in total. The average molecular weight is 163 g/mol. The summed E-state index contributed by atoms with van der Waals surface area (Å²) in [5.74, 6) is 0. The van der Waals surface area contributed by atoms with Gasteiger partial charge in [-0.1, -0.05) is 12.2 Å². The first-order valence-corrected chi connectivity index (χ1v) is 3.46. The minimum absolute atomic E-state index is 0.150. The van der Waals surface area contributed by atoms with Crippen LogP contribution in [0.4, 0.5) is 0 Å². The Morgan fingerprint density at radius 2 is 2.20 bits per heavy atom. The first kappa shape index (κ1) is 9.81. The Morgan fingerprint density at radius 3 is 2.50 bits per heavy atom. The van der Waals surface area contributed by atoms with Gasteiger partial charge in [0.15, 0.2) is 6.29 Å². The highest BCUT2D eigenvalue weighted by Gasteiger charge is 2.11. The highest BCUT2D eigenvalue weighted by molar-refractivity contribution is 7.80. The summed E-state index contributed by atoms with van der Waals surface area (Å²) in [5, 5.41) is 11.9. The quantitative estimate of drug-likeness (QED) is 0.463. The molecule has 60 valence electrons. The van der Waals surface area contributed by atoms with Crippen molar-refractivity contribution in [3.63, 3.8) is 0 Å². The van der Waals surface area contributed by atoms with Crippen molar-refractivity contribution in [1.82, 2.24) is 5.32 Å². The molecule has 0 spiro atoms. The van der Waals surface area contributed by atoms with E-state index < -0.39 is 6.29 Å². The fraction of sp³-hybridized carbons (Fsp3) is 0.833. The van der Waals surface area contributed by atoms with E-state index in [0.29, 0.717) is 4.99 Å². The number of hydrogen-bond donors (Lipinski definition) is 2. The van der Waals surface area contributed by atoms with Crippen LogP contribution in [0.25, 0.3) is 0 Å². The van der Waals surface area contributed by atoms with Gasteiger partial charge >= 0.3 is 0 Å². The number of aliphatic hydroxyl groups is 1. The van der Waals surface area contributed by atoms with Crippen LogP contribution in [-0.4, -0.2) is 29.5 Å². The lowest BCUT2D eigenvalue weighted by Crippen LogP contribution is -2.40. The molecule has 0 aromatic carbocycles. The van der Waals surface area contributed by atoms with Crippen LogP contribution in [0.3, 0.4) is 0 Å². The van der Waals surface area contributed by atoms with Crippen molar-refractivity contribution >= 4 is 17.2 Å². The van der Waals surface area contributed by atoms with E-state index in [1.54, 1.807) is 13.8 Å². The fourth-order valence-corrected chi connectivity index (χ4v) is 0.782. The van der Waals surface area contributed by atoms with E-state index in [9.17, 15) is 0 Å². The molecule has 0 rings (SSSR count). The van der Waals surface area contributed by atoms with Crippen molar-refractivity contribution in [3.8, 4) is 0 Å². The molecule has 4 heteroatoms. The predicted molar refractivity (Wildman–Crippen MR) is 43.9 cm³/mol. The van der Waals surface area contributed by atoms with E-state index in [2.05, 4.69) is 10.1 Å². The van der Waals surface area contributed by atoms with Gasteiger partial charge in [0.1, 0.15) is 0 Å². The van der Waals surface area contributed by atoms with Crippen molar-refractivity contribution in [2.45, 2.75) is 26.2 Å². The summed E-state index contributed by atoms with van der Waals surface area (Å²) < 4.78 is 4.65. The number of methoxy groups -OCH3 is 1. The highest BCUT2D eigenvalue weighted by Crippen LogP contribution is 1.92. The molecule has 2 N–H and O–H groups in total. The largest absolute Gasteiger partial charge is 0.372 e. The summed E-state index contributed by atoms with van der Waals surface area (Å²) >= 11 is 4.76. The fourth-order valence-electron chi connectivity index (χ4n) is 0.596. The highest BCUT2D eigenvalue weighted by atomic mass is 32.1. The van der Waals surface area contributed by atoms with Gasteiger partial charge in [-0.3, -0.25) is 0 Å². The second-order valence-electron chi connectivity index (χ2n) is 2.12. The van der Waals surface area contributed by atoms with Crippen LogP contribution in [0.2, 0.25) is 0 Å². The Kier molecular flexibility index (Phi) is 4.51. The summed E-state index contributed by atoms with van der Waals surface area (Å²) in [4.78, 5) is 0.656. The lowest BCUT2D eigenvalue weighted by Gasteiger charge is -2.18. The van der Waals surface area contributed by atoms with Crippen LogP contribution in [-0.2, 0) is 4.74 Å². The van der Waals surface area contributed by atoms with Gasteiger partial charge in [-0.05, 0) is 13.8 Å². The van der Waals surface area contributed by atoms with Crippen molar-refractivity contribution in [2.24, 2.45) is 0 Å². The molecule has 0 saturated heterocycles. The summed E-state index contributed by atoms with van der Waals surface area (Å²) in [6.45, 7) is 3.55. The molecule has 0 aliphatic heterocycles. The van der Waals surface area contributed by atoms with Gasteiger partial charge in [-0.25, -0.2) is 0 Å². The summed E-state index contributed by atoms with van der Waals surface area (Å²) in [5.41, 5.74) is 0. The third kappa shape index (κ3) is 3.76. The van der Waals surface area contributed by atoms with E-state index in [-0.39, 0.29) is 6.04 Å². The minimum Gasteiger partial charge on any atom is -0.372 e. The number of aliphatic hydroxyl groups excluding tert-OH is 1. The van der Waals surface area contributed by atoms with Crippen molar-refractivity contribution in [2.75, 3.05) is 7.11 Å². The minimum atomic E-state index is -0.794. The summed E-state index contributed by atoms with van der Waals surface area (Å²) in [7, 11) is 1.45. The number of hydrogen-bond acceptors (Lipinski definition) is 3. The second kappa shape index (κ2) is 4.60. The molecule has 0 heterocycles. The van der Waals surface area contributed by atoms with Crippen LogP contribution >= 0.6 is 12.2 Å². The third-order valence-corrected chi connectivity index (χ3v) is 1.22. The van der Waals surface area contributed by atoms with Gasteiger partial charge in [0.25, 0.3) is 0 Å². The van der Waals surface area contributed by atoms with Crippen molar-refractivity contribution in [1.29, 1.82) is 0 Å². The Morgan fingerprint density at radius 1 is 1.70 bits per heavy atom. The third-order valence-electron chi connectivity index (χ3n) is 1.10.